The first-order valence-electron chi connectivity index (χ1n) is 10.1. The second-order valence-electron chi connectivity index (χ2n) is 7.62. The molecule has 5 rings (SSSR count). The number of rotatable bonds is 4. The zero-order chi connectivity index (χ0) is 21.4. The largest absolute Gasteiger partial charge is 0.280 e. The maximum atomic E-state index is 14.7. The van der Waals surface area contributed by atoms with E-state index in [-0.39, 0.29) is 5.69 Å². The average molecular weight is 435 g/mol. The van der Waals surface area contributed by atoms with E-state index in [2.05, 4.69) is 23.1 Å². The number of halogens is 2. The third kappa shape index (κ3) is 3.82. The summed E-state index contributed by atoms with van der Waals surface area (Å²) < 4.78 is 31.9. The van der Waals surface area contributed by atoms with Crippen LogP contribution in [0.4, 0.5) is 8.78 Å². The van der Waals surface area contributed by atoms with Crippen molar-refractivity contribution in [2.75, 3.05) is 6.54 Å². The van der Waals surface area contributed by atoms with Crippen LogP contribution in [0.3, 0.4) is 0 Å². The van der Waals surface area contributed by atoms with Gasteiger partial charge in [-0.2, -0.15) is 0 Å². The lowest BCUT2D eigenvalue weighted by atomic mass is 10.0. The number of aromatic nitrogens is 3. The molecule has 1 aliphatic heterocycles. The van der Waals surface area contributed by atoms with Crippen LogP contribution in [0.2, 0.25) is 0 Å². The van der Waals surface area contributed by atoms with Crippen LogP contribution in [0.1, 0.15) is 11.1 Å². The summed E-state index contributed by atoms with van der Waals surface area (Å²) in [6.45, 7) is 2.18. The van der Waals surface area contributed by atoms with Gasteiger partial charge in [0.25, 0.3) is 0 Å². The highest BCUT2D eigenvalue weighted by Gasteiger charge is 2.21. The van der Waals surface area contributed by atoms with E-state index in [9.17, 15) is 8.78 Å². The number of hydrogen-bond donors (Lipinski definition) is 0. The lowest BCUT2D eigenvalue weighted by Gasteiger charge is -2.28. The van der Waals surface area contributed by atoms with E-state index in [1.165, 1.54) is 23.3 Å². The van der Waals surface area contributed by atoms with Gasteiger partial charge >= 0.3 is 0 Å². The first-order chi connectivity index (χ1) is 15.1. The van der Waals surface area contributed by atoms with E-state index in [1.54, 1.807) is 9.25 Å². The molecule has 0 radical (unpaired) electrons. The molecule has 1 aromatic heterocycles. The number of benzene rings is 3. The normalized spacial score (nSPS) is 13.9. The number of fused-ring (bicyclic) bond motifs is 1. The van der Waals surface area contributed by atoms with Crippen molar-refractivity contribution < 1.29 is 8.78 Å². The van der Waals surface area contributed by atoms with E-state index in [1.807, 2.05) is 36.4 Å². The van der Waals surface area contributed by atoms with E-state index < -0.39 is 11.6 Å². The minimum absolute atomic E-state index is 0.181. The van der Waals surface area contributed by atoms with Gasteiger partial charge in [-0.3, -0.25) is 9.47 Å². The highest BCUT2D eigenvalue weighted by atomic mass is 32.1. The molecule has 0 spiro atoms. The molecule has 0 saturated carbocycles. The van der Waals surface area contributed by atoms with Crippen molar-refractivity contribution in [1.82, 2.24) is 19.2 Å². The Bertz CT molecular complexity index is 1300. The zero-order valence-corrected chi connectivity index (χ0v) is 17.5. The minimum atomic E-state index is -0.681. The fourth-order valence-electron chi connectivity index (χ4n) is 4.02. The summed E-state index contributed by atoms with van der Waals surface area (Å²) in [6.07, 6.45) is 0.961. The standard InChI is InChI=1S/C24H20F2N4S/c25-20-10-11-22(21(26)14-20)30-23(18-7-2-1-3-8-18)27-29(24(30)31)16-28-13-12-17-6-4-5-9-19(17)15-28/h1-11,14H,12-13,15-16H2. The quantitative estimate of drug-likeness (QED) is 0.404. The third-order valence-electron chi connectivity index (χ3n) is 5.57. The molecule has 0 unspecified atom stereocenters. The summed E-state index contributed by atoms with van der Waals surface area (Å²) in [5.74, 6) is -0.790. The monoisotopic (exact) mass is 434 g/mol. The van der Waals surface area contributed by atoms with E-state index >= 15 is 0 Å². The summed E-state index contributed by atoms with van der Waals surface area (Å²) in [6, 6.07) is 21.4. The van der Waals surface area contributed by atoms with Gasteiger partial charge in [0.05, 0.1) is 12.4 Å². The Balaban J connectivity index is 1.56. The smallest absolute Gasteiger partial charge is 0.204 e. The van der Waals surface area contributed by atoms with Gasteiger partial charge < -0.3 is 0 Å². The van der Waals surface area contributed by atoms with Crippen LogP contribution >= 0.6 is 12.2 Å². The maximum absolute atomic E-state index is 14.7. The van der Waals surface area contributed by atoms with Gasteiger partial charge in [0, 0.05) is 24.7 Å². The molecule has 4 nitrogen and oxygen atoms in total. The minimum Gasteiger partial charge on any atom is -0.280 e. The molecule has 0 amide bonds. The van der Waals surface area contributed by atoms with E-state index in [4.69, 9.17) is 17.3 Å². The van der Waals surface area contributed by atoms with E-state index in [0.29, 0.717) is 17.3 Å². The third-order valence-corrected chi connectivity index (χ3v) is 5.96. The number of nitrogens with zero attached hydrogens (tertiary/aromatic N) is 4. The van der Waals surface area contributed by atoms with Crippen molar-refractivity contribution in [1.29, 1.82) is 0 Å². The van der Waals surface area contributed by atoms with Gasteiger partial charge in [-0.15, -0.1) is 5.10 Å². The molecular formula is C24H20F2N4S. The van der Waals surface area contributed by atoms with E-state index in [0.717, 1.165) is 31.1 Å². The molecule has 0 fully saturated rings. The van der Waals surface area contributed by atoms with Gasteiger partial charge in [0.2, 0.25) is 4.77 Å². The molecule has 4 aromatic rings. The predicted octanol–water partition coefficient (Wildman–Crippen LogP) is 5.36. The second-order valence-corrected chi connectivity index (χ2v) is 7.98. The van der Waals surface area contributed by atoms with Crippen LogP contribution in [0.5, 0.6) is 0 Å². The molecule has 31 heavy (non-hydrogen) atoms. The molecule has 0 atom stereocenters. The predicted molar refractivity (Wildman–Crippen MR) is 118 cm³/mol. The van der Waals surface area contributed by atoms with Crippen molar-refractivity contribution in [3.05, 3.63) is 100 Å². The number of hydrogen-bond acceptors (Lipinski definition) is 3. The first kappa shape index (κ1) is 19.8. The van der Waals surface area contributed by atoms with Crippen molar-refractivity contribution in [3.8, 4) is 17.1 Å². The highest BCUT2D eigenvalue weighted by molar-refractivity contribution is 7.71. The average Bonchev–Trinajstić information content (AvgIpc) is 3.10. The van der Waals surface area contributed by atoms with Gasteiger partial charge in [0.15, 0.2) is 5.82 Å². The molecule has 3 aromatic carbocycles. The Morgan fingerprint density at radius 2 is 1.65 bits per heavy atom. The lowest BCUT2D eigenvalue weighted by molar-refractivity contribution is 0.188. The van der Waals surface area contributed by atoms with Crippen LogP contribution in [-0.4, -0.2) is 25.8 Å². The Labute approximate surface area is 184 Å². The van der Waals surface area contributed by atoms with Gasteiger partial charge in [0.1, 0.15) is 11.6 Å². The zero-order valence-electron chi connectivity index (χ0n) is 16.7. The molecule has 0 N–H and O–H groups in total. The van der Waals surface area contributed by atoms with Crippen molar-refractivity contribution in [3.63, 3.8) is 0 Å². The Kier molecular flexibility index (Phi) is 5.21. The fourth-order valence-corrected chi connectivity index (χ4v) is 4.30. The SMILES string of the molecule is Fc1ccc(-n2c(-c3ccccc3)nn(CN3CCc4ccccc4C3)c2=S)c(F)c1. The van der Waals surface area contributed by atoms with Gasteiger partial charge in [-0.25, -0.2) is 13.5 Å². The van der Waals surface area contributed by atoms with Crippen LogP contribution in [-0.2, 0) is 19.6 Å². The molecule has 156 valence electrons. The second kappa shape index (κ2) is 8.17. The molecule has 1 aliphatic rings. The summed E-state index contributed by atoms with van der Waals surface area (Å²) in [5.41, 5.74) is 3.65. The fraction of sp³-hybridized carbons (Fsp3) is 0.167. The Hall–Kier alpha value is -3.16. The van der Waals surface area contributed by atoms with Crippen molar-refractivity contribution in [2.45, 2.75) is 19.6 Å². The lowest BCUT2D eigenvalue weighted by Crippen LogP contribution is -2.32. The van der Waals surface area contributed by atoms with Gasteiger partial charge in [-0.05, 0) is 41.9 Å². The molecule has 0 saturated heterocycles. The molecule has 0 aliphatic carbocycles. The topological polar surface area (TPSA) is 26.0 Å². The summed E-state index contributed by atoms with van der Waals surface area (Å²) in [5, 5.41) is 4.74. The van der Waals surface area contributed by atoms with Gasteiger partial charge in [-0.1, -0.05) is 54.6 Å². The molecular weight excluding hydrogens is 414 g/mol. The summed E-state index contributed by atoms with van der Waals surface area (Å²) in [4.78, 5) is 2.27. The van der Waals surface area contributed by atoms with Crippen LogP contribution in [0.25, 0.3) is 17.1 Å². The van der Waals surface area contributed by atoms with Crippen LogP contribution in [0.15, 0.2) is 72.8 Å². The molecule has 2 heterocycles. The Morgan fingerprint density at radius 3 is 2.42 bits per heavy atom. The first-order valence-corrected chi connectivity index (χ1v) is 10.5. The van der Waals surface area contributed by atoms with Crippen molar-refractivity contribution >= 4 is 12.2 Å². The van der Waals surface area contributed by atoms with Crippen molar-refractivity contribution in [2.24, 2.45) is 0 Å². The maximum Gasteiger partial charge on any atom is 0.204 e. The summed E-state index contributed by atoms with van der Waals surface area (Å²) >= 11 is 5.71. The summed E-state index contributed by atoms with van der Waals surface area (Å²) in [7, 11) is 0. The molecule has 0 bridgehead atoms. The van der Waals surface area contributed by atoms with Crippen LogP contribution in [0, 0.1) is 16.4 Å². The molecule has 7 heteroatoms. The Morgan fingerprint density at radius 1 is 0.903 bits per heavy atom. The highest BCUT2D eigenvalue weighted by Crippen LogP contribution is 2.26. The van der Waals surface area contributed by atoms with Crippen LogP contribution < -0.4 is 0 Å².